The maximum atomic E-state index is 5.84. The van der Waals surface area contributed by atoms with Gasteiger partial charge in [-0.1, -0.05) is 36.2 Å². The Balaban J connectivity index is 1.39. The van der Waals surface area contributed by atoms with E-state index in [9.17, 15) is 0 Å². The van der Waals surface area contributed by atoms with E-state index in [1.807, 2.05) is 24.3 Å². The van der Waals surface area contributed by atoms with Crippen molar-refractivity contribution in [2.75, 3.05) is 12.4 Å². The molecule has 0 unspecified atom stereocenters. The van der Waals surface area contributed by atoms with E-state index in [1.54, 1.807) is 11.8 Å². The highest BCUT2D eigenvalue weighted by molar-refractivity contribution is 8.13. The summed E-state index contributed by atoms with van der Waals surface area (Å²) < 4.78 is 5.68. The minimum absolute atomic E-state index is 0.517. The van der Waals surface area contributed by atoms with Crippen LogP contribution in [0.15, 0.2) is 29.3 Å². The van der Waals surface area contributed by atoms with Gasteiger partial charge in [0.2, 0.25) is 0 Å². The minimum Gasteiger partial charge on any atom is -0.493 e. The Labute approximate surface area is 129 Å². The number of halogens is 1. The van der Waals surface area contributed by atoms with Crippen molar-refractivity contribution >= 4 is 28.5 Å². The van der Waals surface area contributed by atoms with E-state index in [0.717, 1.165) is 21.7 Å². The monoisotopic (exact) mass is 310 g/mol. The number of benzene rings is 1. The normalized spacial score (nSPS) is 24.8. The number of fused-ring (bicyclic) bond motifs is 1. The molecule has 1 aromatic rings. The summed E-state index contributed by atoms with van der Waals surface area (Å²) in [5.74, 6) is 1.78. The third-order valence-corrected chi connectivity index (χ3v) is 4.85. The van der Waals surface area contributed by atoms with Crippen molar-refractivity contribution in [3.05, 3.63) is 29.3 Å². The molecule has 0 bridgehead atoms. The molecule has 1 aliphatic heterocycles. The third-order valence-electron chi connectivity index (χ3n) is 3.73. The van der Waals surface area contributed by atoms with Gasteiger partial charge in [0.25, 0.3) is 0 Å². The van der Waals surface area contributed by atoms with E-state index in [2.05, 4.69) is 5.32 Å². The first-order valence-electron chi connectivity index (χ1n) is 7.17. The van der Waals surface area contributed by atoms with Crippen LogP contribution in [0.25, 0.3) is 0 Å². The van der Waals surface area contributed by atoms with Crippen LogP contribution in [0.2, 0.25) is 5.02 Å². The molecule has 1 aliphatic carbocycles. The molecule has 1 fully saturated rings. The molecule has 1 saturated carbocycles. The van der Waals surface area contributed by atoms with Gasteiger partial charge in [-0.2, -0.15) is 0 Å². The van der Waals surface area contributed by atoms with Gasteiger partial charge in [0.05, 0.1) is 18.7 Å². The second-order valence-electron chi connectivity index (χ2n) is 5.19. The molecule has 1 N–H and O–H groups in total. The minimum atomic E-state index is 0.517. The first kappa shape index (κ1) is 14.1. The van der Waals surface area contributed by atoms with Gasteiger partial charge >= 0.3 is 0 Å². The first-order valence-corrected chi connectivity index (χ1v) is 8.53. The SMILES string of the molecule is Clc1ccc(OCCSC2=N[C@@H]3CCCC[C@@H]3N2)cc1. The summed E-state index contributed by atoms with van der Waals surface area (Å²) in [5, 5.41) is 5.37. The summed E-state index contributed by atoms with van der Waals surface area (Å²) in [6, 6.07) is 8.58. The van der Waals surface area contributed by atoms with Gasteiger partial charge in [-0.05, 0) is 37.1 Å². The van der Waals surface area contributed by atoms with Gasteiger partial charge in [0.15, 0.2) is 5.17 Å². The van der Waals surface area contributed by atoms with Crippen molar-refractivity contribution in [2.45, 2.75) is 37.8 Å². The Hall–Kier alpha value is -0.870. The average molecular weight is 311 g/mol. The highest BCUT2D eigenvalue weighted by atomic mass is 35.5. The number of nitrogens with one attached hydrogen (secondary N) is 1. The maximum absolute atomic E-state index is 5.84. The zero-order chi connectivity index (χ0) is 13.8. The lowest BCUT2D eigenvalue weighted by Gasteiger charge is -2.23. The van der Waals surface area contributed by atoms with E-state index >= 15 is 0 Å². The Morgan fingerprint density at radius 3 is 2.85 bits per heavy atom. The number of hydrogen-bond acceptors (Lipinski definition) is 4. The fourth-order valence-corrected chi connectivity index (χ4v) is 3.62. The number of nitrogens with zero attached hydrogens (tertiary/aromatic N) is 1. The largest absolute Gasteiger partial charge is 0.493 e. The molecule has 108 valence electrons. The molecule has 0 radical (unpaired) electrons. The molecule has 2 atom stereocenters. The lowest BCUT2D eigenvalue weighted by Crippen LogP contribution is -2.36. The molecule has 0 spiro atoms. The quantitative estimate of drug-likeness (QED) is 0.861. The van der Waals surface area contributed by atoms with Crippen molar-refractivity contribution in [3.63, 3.8) is 0 Å². The predicted octanol–water partition coefficient (Wildman–Crippen LogP) is 3.72. The maximum Gasteiger partial charge on any atom is 0.157 e. The van der Waals surface area contributed by atoms with E-state index < -0.39 is 0 Å². The van der Waals surface area contributed by atoms with Crippen LogP contribution in [0.1, 0.15) is 25.7 Å². The molecule has 0 saturated heterocycles. The zero-order valence-corrected chi connectivity index (χ0v) is 12.9. The van der Waals surface area contributed by atoms with Gasteiger partial charge in [-0.3, -0.25) is 4.99 Å². The summed E-state index contributed by atoms with van der Waals surface area (Å²) in [6.45, 7) is 0.683. The van der Waals surface area contributed by atoms with Crippen molar-refractivity contribution in [3.8, 4) is 5.75 Å². The molecular weight excluding hydrogens is 292 g/mol. The highest BCUT2D eigenvalue weighted by Crippen LogP contribution is 2.27. The van der Waals surface area contributed by atoms with Gasteiger partial charge in [-0.15, -0.1) is 0 Å². The van der Waals surface area contributed by atoms with E-state index in [1.165, 1.54) is 25.7 Å². The molecule has 1 aromatic carbocycles. The standard InChI is InChI=1S/C15H19ClN2OS/c16-11-5-7-12(8-6-11)19-9-10-20-15-17-13-3-1-2-4-14(13)18-15/h5-8,13-14H,1-4,9-10H2,(H,17,18)/t13-,14+. The average Bonchev–Trinajstić information content (AvgIpc) is 2.88. The van der Waals surface area contributed by atoms with Crippen molar-refractivity contribution < 1.29 is 4.74 Å². The lowest BCUT2D eigenvalue weighted by molar-refractivity contribution is 0.344. The Bertz CT molecular complexity index is 477. The second-order valence-corrected chi connectivity index (χ2v) is 6.71. The van der Waals surface area contributed by atoms with Gasteiger partial charge in [0, 0.05) is 10.8 Å². The summed E-state index contributed by atoms with van der Waals surface area (Å²) in [5.41, 5.74) is 0. The zero-order valence-electron chi connectivity index (χ0n) is 11.3. The molecule has 5 heteroatoms. The van der Waals surface area contributed by atoms with Gasteiger partial charge in [-0.25, -0.2) is 0 Å². The Morgan fingerprint density at radius 1 is 1.25 bits per heavy atom. The van der Waals surface area contributed by atoms with Crippen LogP contribution in [0.3, 0.4) is 0 Å². The number of ether oxygens (including phenoxy) is 1. The lowest BCUT2D eigenvalue weighted by atomic mass is 9.92. The summed E-state index contributed by atoms with van der Waals surface area (Å²) in [6.07, 6.45) is 5.16. The summed E-state index contributed by atoms with van der Waals surface area (Å²) in [7, 11) is 0. The molecule has 0 amide bonds. The number of aliphatic imine (C=N–C) groups is 1. The second kappa shape index (κ2) is 6.72. The van der Waals surface area contributed by atoms with E-state index in [4.69, 9.17) is 21.3 Å². The summed E-state index contributed by atoms with van der Waals surface area (Å²) in [4.78, 5) is 4.76. The van der Waals surface area contributed by atoms with Crippen LogP contribution in [-0.4, -0.2) is 29.6 Å². The molecular formula is C15H19ClN2OS. The predicted molar refractivity (Wildman–Crippen MR) is 86.0 cm³/mol. The topological polar surface area (TPSA) is 33.6 Å². The molecule has 20 heavy (non-hydrogen) atoms. The number of hydrogen-bond donors (Lipinski definition) is 1. The van der Waals surface area contributed by atoms with Crippen LogP contribution in [0, 0.1) is 0 Å². The molecule has 3 rings (SSSR count). The van der Waals surface area contributed by atoms with Gasteiger partial charge in [0.1, 0.15) is 5.75 Å². The Kier molecular flexibility index (Phi) is 4.73. The third kappa shape index (κ3) is 3.61. The van der Waals surface area contributed by atoms with Crippen LogP contribution < -0.4 is 10.1 Å². The fourth-order valence-electron chi connectivity index (χ4n) is 2.69. The first-order chi connectivity index (χ1) is 9.81. The smallest absolute Gasteiger partial charge is 0.157 e. The molecule has 1 heterocycles. The van der Waals surface area contributed by atoms with Crippen LogP contribution >= 0.6 is 23.4 Å². The van der Waals surface area contributed by atoms with Crippen LogP contribution in [0.5, 0.6) is 5.75 Å². The molecule has 3 nitrogen and oxygen atoms in total. The van der Waals surface area contributed by atoms with Crippen molar-refractivity contribution in [2.24, 2.45) is 4.99 Å². The van der Waals surface area contributed by atoms with Crippen molar-refractivity contribution in [1.29, 1.82) is 0 Å². The number of rotatable bonds is 4. The summed E-state index contributed by atoms with van der Waals surface area (Å²) >= 11 is 7.60. The highest BCUT2D eigenvalue weighted by Gasteiger charge is 2.30. The number of amidine groups is 1. The molecule has 0 aromatic heterocycles. The molecule has 2 aliphatic rings. The van der Waals surface area contributed by atoms with Crippen LogP contribution in [-0.2, 0) is 0 Å². The van der Waals surface area contributed by atoms with E-state index in [0.29, 0.717) is 18.7 Å². The van der Waals surface area contributed by atoms with E-state index in [-0.39, 0.29) is 0 Å². The van der Waals surface area contributed by atoms with Crippen LogP contribution in [0.4, 0.5) is 0 Å². The Morgan fingerprint density at radius 2 is 2.05 bits per heavy atom. The van der Waals surface area contributed by atoms with Gasteiger partial charge < -0.3 is 10.1 Å². The van der Waals surface area contributed by atoms with Crippen molar-refractivity contribution in [1.82, 2.24) is 5.32 Å². The number of thioether (sulfide) groups is 1. The fraction of sp³-hybridized carbons (Fsp3) is 0.533.